The van der Waals surface area contributed by atoms with Crippen molar-refractivity contribution in [2.45, 2.75) is 179 Å². The van der Waals surface area contributed by atoms with Gasteiger partial charge in [-0.1, -0.05) is 54.3 Å². The third kappa shape index (κ3) is 12.7. The van der Waals surface area contributed by atoms with Crippen molar-refractivity contribution in [3.63, 3.8) is 0 Å². The van der Waals surface area contributed by atoms with E-state index in [-0.39, 0.29) is 36.0 Å². The molecule has 4 fully saturated rings. The standard InChI is InChI=1S/C47H75N3O9S2/c1-31(2)9-7-23-49-37-29-60-61-30-45(4,56)20-18-33(12-15-38(37)52)40(58-32(3)51)27-41(59-44(55)47-19-6-5-10-35(47)14-17-42(54)50-47)46(21-24-48-25-22-46)28-34-13-16-39(53)43-36(34)11-8-26-57-43/h13,16,31,33,35,37-38,40-41,48-49,52-53,56H,5-12,14-15,17-30H2,1-4H3,(H,50,54). The van der Waals surface area contributed by atoms with Crippen molar-refractivity contribution >= 4 is 39.4 Å². The minimum atomic E-state index is -1.11. The van der Waals surface area contributed by atoms with Crippen LogP contribution in [0, 0.1) is 23.2 Å². The highest BCUT2D eigenvalue weighted by molar-refractivity contribution is 8.76. The summed E-state index contributed by atoms with van der Waals surface area (Å²) >= 11 is 0. The Bertz CT molecular complexity index is 1620. The van der Waals surface area contributed by atoms with Gasteiger partial charge in [-0.2, -0.15) is 0 Å². The summed E-state index contributed by atoms with van der Waals surface area (Å²) in [5.41, 5.74) is -0.631. The summed E-state index contributed by atoms with van der Waals surface area (Å²) in [7, 11) is 3.31. The maximum absolute atomic E-state index is 15.1. The van der Waals surface area contributed by atoms with Crippen LogP contribution in [0.4, 0.5) is 0 Å². The average Bonchev–Trinajstić information content (AvgIpc) is 3.23. The molecule has 4 aliphatic heterocycles. The molecular weight excluding hydrogens is 815 g/mol. The molecule has 4 heterocycles. The molecule has 8 unspecified atom stereocenters. The highest BCUT2D eigenvalue weighted by Gasteiger charge is 2.54. The predicted molar refractivity (Wildman–Crippen MR) is 242 cm³/mol. The van der Waals surface area contributed by atoms with Crippen molar-refractivity contribution in [3.8, 4) is 11.5 Å². The van der Waals surface area contributed by atoms with Crippen LogP contribution < -0.4 is 20.7 Å². The van der Waals surface area contributed by atoms with Crippen LogP contribution in [-0.2, 0) is 36.7 Å². The van der Waals surface area contributed by atoms with Crippen LogP contribution in [-0.4, -0.2) is 106 Å². The van der Waals surface area contributed by atoms with Gasteiger partial charge in [0.2, 0.25) is 5.91 Å². The first-order chi connectivity index (χ1) is 29.2. The Balaban J connectivity index is 1.36. The van der Waals surface area contributed by atoms with Gasteiger partial charge in [-0.3, -0.25) is 9.59 Å². The molecule has 0 radical (unpaired) electrons. The monoisotopic (exact) mass is 889 g/mol. The van der Waals surface area contributed by atoms with E-state index in [1.165, 1.54) is 6.92 Å². The van der Waals surface area contributed by atoms with E-state index in [0.717, 1.165) is 62.6 Å². The fourth-order valence-corrected chi connectivity index (χ4v) is 13.6. The van der Waals surface area contributed by atoms with Crippen LogP contribution in [0.1, 0.15) is 142 Å². The topological polar surface area (TPSA) is 176 Å². The Morgan fingerprint density at radius 1 is 1.00 bits per heavy atom. The molecule has 3 saturated heterocycles. The van der Waals surface area contributed by atoms with Gasteiger partial charge in [0.25, 0.3) is 0 Å². The molecule has 6 N–H and O–H groups in total. The van der Waals surface area contributed by atoms with Gasteiger partial charge in [0.1, 0.15) is 17.7 Å². The minimum Gasteiger partial charge on any atom is -0.504 e. The van der Waals surface area contributed by atoms with Crippen molar-refractivity contribution in [1.29, 1.82) is 0 Å². The molecular formula is C47H75N3O9S2. The summed E-state index contributed by atoms with van der Waals surface area (Å²) < 4.78 is 19.4. The normalized spacial score (nSPS) is 30.8. The molecule has 1 amide bonds. The van der Waals surface area contributed by atoms with E-state index >= 15 is 4.79 Å². The Morgan fingerprint density at radius 2 is 1.80 bits per heavy atom. The summed E-state index contributed by atoms with van der Waals surface area (Å²) in [5.74, 6) is 1.25. The molecule has 5 aliphatic rings. The van der Waals surface area contributed by atoms with Gasteiger partial charge in [-0.15, -0.1) is 0 Å². The Kier molecular flexibility index (Phi) is 17.5. The van der Waals surface area contributed by atoms with Crippen LogP contribution >= 0.6 is 21.6 Å². The minimum absolute atomic E-state index is 0.0143. The summed E-state index contributed by atoms with van der Waals surface area (Å²) in [4.78, 5) is 41.3. The molecule has 12 nitrogen and oxygen atoms in total. The molecule has 0 aromatic heterocycles. The lowest BCUT2D eigenvalue weighted by atomic mass is 9.66. The molecule has 61 heavy (non-hydrogen) atoms. The molecule has 1 saturated carbocycles. The fraction of sp³-hybridized carbons (Fsp3) is 0.809. The fourth-order valence-electron chi connectivity index (χ4n) is 10.8. The zero-order valence-electron chi connectivity index (χ0n) is 37.3. The number of hydrogen-bond acceptors (Lipinski definition) is 13. The number of rotatable bonds is 14. The van der Waals surface area contributed by atoms with Gasteiger partial charge in [0.05, 0.1) is 18.3 Å². The van der Waals surface area contributed by atoms with E-state index in [4.69, 9.17) is 14.2 Å². The lowest BCUT2D eigenvalue weighted by Gasteiger charge is -2.49. The molecule has 344 valence electrons. The number of piperidine rings is 2. The van der Waals surface area contributed by atoms with E-state index in [9.17, 15) is 24.9 Å². The number of ether oxygens (including phenoxy) is 3. The van der Waals surface area contributed by atoms with Gasteiger partial charge in [0, 0.05) is 48.3 Å². The number of fused-ring (bicyclic) bond motifs is 2. The Labute approximate surface area is 372 Å². The summed E-state index contributed by atoms with van der Waals surface area (Å²) in [6.07, 6.45) is 10.2. The summed E-state index contributed by atoms with van der Waals surface area (Å²) in [6, 6.07) is 3.54. The largest absolute Gasteiger partial charge is 0.504 e. The molecule has 1 aromatic rings. The van der Waals surface area contributed by atoms with Crippen LogP contribution in [0.2, 0.25) is 0 Å². The number of aromatic hydroxyl groups is 1. The van der Waals surface area contributed by atoms with Crippen LogP contribution in [0.25, 0.3) is 0 Å². The number of aliphatic hydroxyl groups is 2. The van der Waals surface area contributed by atoms with Gasteiger partial charge < -0.3 is 45.5 Å². The predicted octanol–water partition coefficient (Wildman–Crippen LogP) is 6.78. The van der Waals surface area contributed by atoms with E-state index in [1.54, 1.807) is 27.7 Å². The number of amides is 1. The smallest absolute Gasteiger partial charge is 0.332 e. The van der Waals surface area contributed by atoms with Crippen LogP contribution in [0.15, 0.2) is 12.1 Å². The number of carbonyl (C=O) groups is 3. The van der Waals surface area contributed by atoms with Gasteiger partial charge in [-0.25, -0.2) is 4.79 Å². The van der Waals surface area contributed by atoms with E-state index in [1.807, 2.05) is 13.0 Å². The lowest BCUT2D eigenvalue weighted by Crippen LogP contribution is -2.65. The zero-order valence-corrected chi connectivity index (χ0v) is 38.9. The first-order valence-corrected chi connectivity index (χ1v) is 25.9. The molecule has 6 rings (SSSR count). The Morgan fingerprint density at radius 3 is 2.57 bits per heavy atom. The SMILES string of the molecule is CC(=O)OC(CC(OC(=O)C12CCCCC1CCC(=O)N2)C1(Cc2ccc(O)c3c2CCCO3)CCNCC1)C1CCC(O)C(NCCCC(C)C)CSSCC(C)(O)CC1. The third-order valence-electron chi connectivity index (χ3n) is 14.5. The number of nitrogens with one attached hydrogen (secondary N) is 3. The number of benzene rings is 1. The lowest BCUT2D eigenvalue weighted by molar-refractivity contribution is -0.180. The second kappa shape index (κ2) is 22.1. The molecule has 1 aliphatic carbocycles. The molecule has 1 aromatic carbocycles. The highest BCUT2D eigenvalue weighted by atomic mass is 33.1. The number of aliphatic hydroxyl groups excluding tert-OH is 1. The maximum Gasteiger partial charge on any atom is 0.332 e. The second-order valence-corrected chi connectivity index (χ2v) is 22.2. The number of hydrogen-bond donors (Lipinski definition) is 6. The van der Waals surface area contributed by atoms with Gasteiger partial charge in [-0.05, 0) is 146 Å². The van der Waals surface area contributed by atoms with Gasteiger partial charge >= 0.3 is 11.9 Å². The van der Waals surface area contributed by atoms with Crippen LogP contribution in [0.5, 0.6) is 11.5 Å². The number of phenols is 1. The van der Waals surface area contributed by atoms with Gasteiger partial charge in [0.15, 0.2) is 11.5 Å². The van der Waals surface area contributed by atoms with Crippen molar-refractivity contribution in [2.75, 3.05) is 37.7 Å². The quantitative estimate of drug-likeness (QED) is 0.0656. The molecule has 14 heteroatoms. The molecule has 8 atom stereocenters. The number of carbonyl (C=O) groups excluding carboxylic acids is 3. The molecule has 0 bridgehead atoms. The maximum atomic E-state index is 15.1. The summed E-state index contributed by atoms with van der Waals surface area (Å²) in [5, 5.41) is 44.6. The van der Waals surface area contributed by atoms with Crippen molar-refractivity contribution in [1.82, 2.24) is 16.0 Å². The van der Waals surface area contributed by atoms with Crippen molar-refractivity contribution < 1.29 is 43.9 Å². The van der Waals surface area contributed by atoms with Crippen molar-refractivity contribution in [2.24, 2.45) is 23.2 Å². The van der Waals surface area contributed by atoms with Crippen LogP contribution in [0.3, 0.4) is 0 Å². The van der Waals surface area contributed by atoms with E-state index in [0.29, 0.717) is 107 Å². The van der Waals surface area contributed by atoms with E-state index < -0.39 is 46.8 Å². The highest BCUT2D eigenvalue weighted by Crippen LogP contribution is 2.48. The third-order valence-corrected chi connectivity index (χ3v) is 17.1. The van der Waals surface area contributed by atoms with E-state index in [2.05, 4.69) is 29.8 Å². The Hall–Kier alpha value is -2.23. The number of esters is 2. The average molecular weight is 890 g/mol. The second-order valence-electron chi connectivity index (χ2n) is 19.7. The number of phenolic OH excluding ortho intramolecular Hbond substituents is 1. The molecule has 0 spiro atoms. The first kappa shape index (κ1) is 48.2. The zero-order chi connectivity index (χ0) is 43.6. The van der Waals surface area contributed by atoms with Crippen molar-refractivity contribution in [3.05, 3.63) is 23.3 Å². The summed E-state index contributed by atoms with van der Waals surface area (Å²) in [6.45, 7) is 10.5. The first-order valence-electron chi connectivity index (χ1n) is 23.4.